The van der Waals surface area contributed by atoms with Crippen molar-refractivity contribution in [3.8, 4) is 0 Å². The Morgan fingerprint density at radius 1 is 0.950 bits per heavy atom. The lowest BCUT2D eigenvalue weighted by molar-refractivity contribution is 0.178. The minimum atomic E-state index is -0.594. The van der Waals surface area contributed by atoms with Crippen LogP contribution >= 0.6 is 0 Å². The number of hydrogen-bond donors (Lipinski definition) is 1. The van der Waals surface area contributed by atoms with E-state index < -0.39 is 6.10 Å². The van der Waals surface area contributed by atoms with Crippen molar-refractivity contribution in [1.29, 1.82) is 0 Å². The largest absolute Gasteiger partial charge is 0.388 e. The van der Waals surface area contributed by atoms with Crippen molar-refractivity contribution in [3.63, 3.8) is 0 Å². The van der Waals surface area contributed by atoms with Gasteiger partial charge in [0.25, 0.3) is 0 Å². The molecule has 1 N–H and O–H groups in total. The summed E-state index contributed by atoms with van der Waals surface area (Å²) in [6.07, 6.45) is 0.840. The van der Waals surface area contributed by atoms with Crippen LogP contribution in [0.1, 0.15) is 36.6 Å². The van der Waals surface area contributed by atoms with E-state index in [1.807, 2.05) is 24.3 Å². The standard InChI is InChI=1S/C18H21FO/c1-13(2)9-14-5-3-7-16(10-14)18(20)12-15-6-4-8-17(19)11-15/h3-8,10-11,13,18,20H,9,12H2,1-2H3. The molecule has 1 unspecified atom stereocenters. The Labute approximate surface area is 120 Å². The zero-order valence-corrected chi connectivity index (χ0v) is 12.0. The van der Waals surface area contributed by atoms with Crippen LogP contribution in [-0.2, 0) is 12.8 Å². The van der Waals surface area contributed by atoms with Gasteiger partial charge in [-0.1, -0.05) is 50.2 Å². The van der Waals surface area contributed by atoms with Gasteiger partial charge in [0.05, 0.1) is 6.10 Å². The van der Waals surface area contributed by atoms with Gasteiger partial charge in [0, 0.05) is 6.42 Å². The average molecular weight is 272 g/mol. The molecule has 2 aromatic rings. The van der Waals surface area contributed by atoms with Gasteiger partial charge in [-0.05, 0) is 41.2 Å². The van der Waals surface area contributed by atoms with Crippen LogP contribution in [0.2, 0.25) is 0 Å². The quantitative estimate of drug-likeness (QED) is 0.860. The van der Waals surface area contributed by atoms with Gasteiger partial charge < -0.3 is 5.11 Å². The summed E-state index contributed by atoms with van der Waals surface area (Å²) in [5.41, 5.74) is 2.94. The van der Waals surface area contributed by atoms with Gasteiger partial charge in [0.1, 0.15) is 5.82 Å². The molecule has 0 bridgehead atoms. The molecule has 0 aromatic heterocycles. The lowest BCUT2D eigenvalue weighted by Gasteiger charge is -2.13. The van der Waals surface area contributed by atoms with Crippen molar-refractivity contribution in [1.82, 2.24) is 0 Å². The molecular formula is C18H21FO. The maximum atomic E-state index is 13.1. The van der Waals surface area contributed by atoms with Gasteiger partial charge in [-0.2, -0.15) is 0 Å². The van der Waals surface area contributed by atoms with Crippen molar-refractivity contribution in [2.75, 3.05) is 0 Å². The number of aliphatic hydroxyl groups is 1. The third-order valence-electron chi connectivity index (χ3n) is 3.30. The second kappa shape index (κ2) is 6.67. The van der Waals surface area contributed by atoms with Crippen LogP contribution in [0.15, 0.2) is 48.5 Å². The van der Waals surface area contributed by atoms with E-state index in [4.69, 9.17) is 0 Å². The third-order valence-corrected chi connectivity index (χ3v) is 3.30. The summed E-state index contributed by atoms with van der Waals surface area (Å²) in [7, 11) is 0. The van der Waals surface area contributed by atoms with Crippen molar-refractivity contribution in [2.45, 2.75) is 32.8 Å². The van der Waals surface area contributed by atoms with Crippen molar-refractivity contribution in [2.24, 2.45) is 5.92 Å². The highest BCUT2D eigenvalue weighted by Gasteiger charge is 2.10. The Kier molecular flexibility index (Phi) is 4.91. The number of aliphatic hydroxyl groups excluding tert-OH is 1. The van der Waals surface area contributed by atoms with Crippen molar-refractivity contribution >= 4 is 0 Å². The van der Waals surface area contributed by atoms with Gasteiger partial charge in [-0.15, -0.1) is 0 Å². The fraction of sp³-hybridized carbons (Fsp3) is 0.333. The Hall–Kier alpha value is -1.67. The smallest absolute Gasteiger partial charge is 0.123 e. The molecule has 0 aliphatic heterocycles. The molecule has 0 amide bonds. The van der Waals surface area contributed by atoms with E-state index in [0.29, 0.717) is 12.3 Å². The summed E-state index contributed by atoms with van der Waals surface area (Å²) in [5, 5.41) is 10.3. The molecule has 1 nitrogen and oxygen atoms in total. The summed E-state index contributed by atoms with van der Waals surface area (Å²) in [4.78, 5) is 0. The Morgan fingerprint density at radius 2 is 1.60 bits per heavy atom. The number of halogens is 1. The molecular weight excluding hydrogens is 251 g/mol. The SMILES string of the molecule is CC(C)Cc1cccc(C(O)Cc2cccc(F)c2)c1. The van der Waals surface area contributed by atoms with Crippen molar-refractivity contribution < 1.29 is 9.50 Å². The second-order valence-electron chi connectivity index (χ2n) is 5.69. The highest BCUT2D eigenvalue weighted by atomic mass is 19.1. The van der Waals surface area contributed by atoms with E-state index in [1.54, 1.807) is 6.07 Å². The van der Waals surface area contributed by atoms with Crippen LogP contribution in [0.25, 0.3) is 0 Å². The van der Waals surface area contributed by atoms with Crippen LogP contribution in [0.4, 0.5) is 4.39 Å². The van der Waals surface area contributed by atoms with Crippen LogP contribution in [0.3, 0.4) is 0 Å². The summed E-state index contributed by atoms with van der Waals surface area (Å²) in [5.74, 6) is 0.328. The van der Waals surface area contributed by atoms with E-state index in [-0.39, 0.29) is 5.82 Å². The molecule has 0 heterocycles. The van der Waals surface area contributed by atoms with Crippen LogP contribution in [0, 0.1) is 11.7 Å². The van der Waals surface area contributed by atoms with E-state index in [1.165, 1.54) is 17.7 Å². The summed E-state index contributed by atoms with van der Waals surface area (Å²) in [6, 6.07) is 14.4. The lowest BCUT2D eigenvalue weighted by atomic mass is 9.96. The van der Waals surface area contributed by atoms with Gasteiger partial charge in [-0.25, -0.2) is 4.39 Å². The van der Waals surface area contributed by atoms with Crippen molar-refractivity contribution in [3.05, 3.63) is 71.0 Å². The summed E-state index contributed by atoms with van der Waals surface area (Å²) in [6.45, 7) is 4.35. The predicted octanol–water partition coefficient (Wildman–Crippen LogP) is 4.30. The van der Waals surface area contributed by atoms with E-state index in [9.17, 15) is 9.50 Å². The first-order valence-corrected chi connectivity index (χ1v) is 7.06. The molecule has 0 saturated heterocycles. The third kappa shape index (κ3) is 4.17. The van der Waals surface area contributed by atoms with E-state index in [0.717, 1.165) is 17.5 Å². The monoisotopic (exact) mass is 272 g/mol. The van der Waals surface area contributed by atoms with Gasteiger partial charge in [-0.3, -0.25) is 0 Å². The highest BCUT2D eigenvalue weighted by Crippen LogP contribution is 2.21. The van der Waals surface area contributed by atoms with Gasteiger partial charge >= 0.3 is 0 Å². The minimum absolute atomic E-state index is 0.261. The fourth-order valence-electron chi connectivity index (χ4n) is 2.40. The first kappa shape index (κ1) is 14.7. The molecule has 0 spiro atoms. The molecule has 0 fully saturated rings. The zero-order valence-electron chi connectivity index (χ0n) is 12.0. The summed E-state index contributed by atoms with van der Waals surface area (Å²) < 4.78 is 13.1. The van der Waals surface area contributed by atoms with Crippen LogP contribution < -0.4 is 0 Å². The highest BCUT2D eigenvalue weighted by molar-refractivity contribution is 5.27. The van der Waals surface area contributed by atoms with E-state index >= 15 is 0 Å². The number of hydrogen-bond acceptors (Lipinski definition) is 1. The normalized spacial score (nSPS) is 12.7. The molecule has 106 valence electrons. The lowest BCUT2D eigenvalue weighted by Crippen LogP contribution is -2.03. The minimum Gasteiger partial charge on any atom is -0.388 e. The maximum absolute atomic E-state index is 13.1. The van der Waals surface area contributed by atoms with Gasteiger partial charge in [0.2, 0.25) is 0 Å². The van der Waals surface area contributed by atoms with E-state index in [2.05, 4.69) is 19.9 Å². The second-order valence-corrected chi connectivity index (χ2v) is 5.69. The molecule has 2 aromatic carbocycles. The topological polar surface area (TPSA) is 20.2 Å². The molecule has 0 saturated carbocycles. The summed E-state index contributed by atoms with van der Waals surface area (Å²) >= 11 is 0. The number of rotatable bonds is 5. The molecule has 0 aliphatic rings. The molecule has 2 rings (SSSR count). The average Bonchev–Trinajstić information content (AvgIpc) is 2.38. The first-order valence-electron chi connectivity index (χ1n) is 7.06. The maximum Gasteiger partial charge on any atom is 0.123 e. The van der Waals surface area contributed by atoms with Crippen LogP contribution in [-0.4, -0.2) is 5.11 Å². The van der Waals surface area contributed by atoms with Crippen LogP contribution in [0.5, 0.6) is 0 Å². The fourth-order valence-corrected chi connectivity index (χ4v) is 2.40. The first-order chi connectivity index (χ1) is 9.54. The molecule has 2 heteroatoms. The molecule has 1 atom stereocenters. The Bertz CT molecular complexity index is 563. The Balaban J connectivity index is 2.10. The molecule has 0 aliphatic carbocycles. The molecule has 0 radical (unpaired) electrons. The molecule has 20 heavy (non-hydrogen) atoms. The van der Waals surface area contributed by atoms with Gasteiger partial charge in [0.15, 0.2) is 0 Å². The zero-order chi connectivity index (χ0) is 14.5. The predicted molar refractivity (Wildman–Crippen MR) is 80.0 cm³/mol. The number of benzene rings is 2. The Morgan fingerprint density at radius 3 is 2.25 bits per heavy atom.